The molecule has 1 unspecified atom stereocenters. The molecule has 1 atom stereocenters. The highest BCUT2D eigenvalue weighted by molar-refractivity contribution is 5.08. The highest BCUT2D eigenvalue weighted by Gasteiger charge is 2.26. The summed E-state index contributed by atoms with van der Waals surface area (Å²) in [7, 11) is 0. The van der Waals surface area contributed by atoms with Gasteiger partial charge < -0.3 is 4.74 Å². The van der Waals surface area contributed by atoms with Crippen molar-refractivity contribution < 1.29 is 4.74 Å². The molecule has 5 nitrogen and oxygen atoms in total. The van der Waals surface area contributed by atoms with Gasteiger partial charge in [0.05, 0.1) is 24.9 Å². The molecule has 2 aliphatic rings. The number of hydrogen-bond acceptors (Lipinski definition) is 4. The van der Waals surface area contributed by atoms with Crippen molar-refractivity contribution >= 4 is 0 Å². The zero-order valence-corrected chi connectivity index (χ0v) is 14.2. The van der Waals surface area contributed by atoms with E-state index in [1.165, 1.54) is 43.5 Å². The van der Waals surface area contributed by atoms with Crippen LogP contribution in [0.5, 0.6) is 0 Å². The van der Waals surface area contributed by atoms with Gasteiger partial charge in [-0.15, -0.1) is 0 Å². The maximum absolute atomic E-state index is 6.24. The lowest BCUT2D eigenvalue weighted by atomic mass is 10.1. The Labute approximate surface area is 143 Å². The summed E-state index contributed by atoms with van der Waals surface area (Å²) in [4.78, 5) is 6.65. The fourth-order valence-corrected chi connectivity index (χ4v) is 3.99. The Hall–Kier alpha value is -1.72. The molecule has 0 aromatic carbocycles. The molecule has 0 saturated heterocycles. The third-order valence-corrected chi connectivity index (χ3v) is 5.25. The number of hydrogen-bond donors (Lipinski definition) is 0. The molecule has 2 aromatic heterocycles. The topological polar surface area (TPSA) is 43.2 Å². The standard InChI is InChI=1S/C19H26N4O/c1-2-4-16(3-1)11-22-12-18-7-10-21-23(18)14-19(13-22)24-15-17-5-8-20-9-6-17/h5-10,16,19H,1-4,11-15H2. The van der Waals surface area contributed by atoms with E-state index < -0.39 is 0 Å². The Balaban J connectivity index is 1.42. The predicted octanol–water partition coefficient (Wildman–Crippen LogP) is 2.87. The Kier molecular flexibility index (Phi) is 4.90. The summed E-state index contributed by atoms with van der Waals surface area (Å²) in [6.07, 6.45) is 11.3. The Morgan fingerprint density at radius 2 is 1.88 bits per heavy atom. The quantitative estimate of drug-likeness (QED) is 0.847. The van der Waals surface area contributed by atoms with Crippen LogP contribution in [0.25, 0.3) is 0 Å². The van der Waals surface area contributed by atoms with Crippen LogP contribution in [0.4, 0.5) is 0 Å². The molecular weight excluding hydrogens is 300 g/mol. The van der Waals surface area contributed by atoms with Crippen molar-refractivity contribution in [1.29, 1.82) is 0 Å². The highest BCUT2D eigenvalue weighted by Crippen LogP contribution is 2.27. The van der Waals surface area contributed by atoms with Crippen molar-refractivity contribution in [2.24, 2.45) is 5.92 Å². The molecule has 0 amide bonds. The van der Waals surface area contributed by atoms with Gasteiger partial charge in [0.1, 0.15) is 0 Å². The molecule has 1 aliphatic carbocycles. The van der Waals surface area contributed by atoms with Gasteiger partial charge >= 0.3 is 0 Å². The summed E-state index contributed by atoms with van der Waals surface area (Å²) in [5, 5.41) is 4.49. The van der Waals surface area contributed by atoms with Crippen molar-refractivity contribution in [3.05, 3.63) is 48.0 Å². The molecule has 1 fully saturated rings. The van der Waals surface area contributed by atoms with E-state index in [9.17, 15) is 0 Å². The van der Waals surface area contributed by atoms with Crippen molar-refractivity contribution in [3.8, 4) is 0 Å². The van der Waals surface area contributed by atoms with E-state index in [0.29, 0.717) is 6.61 Å². The smallest absolute Gasteiger partial charge is 0.0902 e. The molecule has 1 aliphatic heterocycles. The number of ether oxygens (including phenoxy) is 1. The third-order valence-electron chi connectivity index (χ3n) is 5.25. The van der Waals surface area contributed by atoms with E-state index in [-0.39, 0.29) is 6.10 Å². The molecule has 1 saturated carbocycles. The first-order valence-electron chi connectivity index (χ1n) is 9.10. The number of nitrogens with zero attached hydrogens (tertiary/aromatic N) is 4. The maximum atomic E-state index is 6.24. The summed E-state index contributed by atoms with van der Waals surface area (Å²) in [5.74, 6) is 0.861. The van der Waals surface area contributed by atoms with Crippen molar-refractivity contribution in [1.82, 2.24) is 19.7 Å². The number of aromatic nitrogens is 3. The average molecular weight is 326 g/mol. The van der Waals surface area contributed by atoms with Gasteiger partial charge in [-0.25, -0.2) is 0 Å². The second-order valence-electron chi connectivity index (χ2n) is 7.14. The Morgan fingerprint density at radius 3 is 2.71 bits per heavy atom. The van der Waals surface area contributed by atoms with Gasteiger partial charge in [0.2, 0.25) is 0 Å². The van der Waals surface area contributed by atoms with Gasteiger partial charge in [-0.05, 0) is 42.5 Å². The zero-order valence-electron chi connectivity index (χ0n) is 14.2. The lowest BCUT2D eigenvalue weighted by molar-refractivity contribution is 0.00616. The monoisotopic (exact) mass is 326 g/mol. The molecule has 0 bridgehead atoms. The Bertz CT molecular complexity index is 636. The molecule has 128 valence electrons. The first-order valence-corrected chi connectivity index (χ1v) is 9.10. The average Bonchev–Trinajstić information content (AvgIpc) is 3.23. The van der Waals surface area contributed by atoms with Gasteiger partial charge in [-0.2, -0.15) is 5.10 Å². The lowest BCUT2D eigenvalue weighted by Crippen LogP contribution is -2.35. The van der Waals surface area contributed by atoms with E-state index in [1.807, 2.05) is 30.7 Å². The van der Waals surface area contributed by atoms with Crippen molar-refractivity contribution in [3.63, 3.8) is 0 Å². The van der Waals surface area contributed by atoms with Gasteiger partial charge in [0, 0.05) is 38.2 Å². The number of rotatable bonds is 5. The first kappa shape index (κ1) is 15.8. The first-order chi connectivity index (χ1) is 11.9. The minimum absolute atomic E-state index is 0.181. The van der Waals surface area contributed by atoms with E-state index in [0.717, 1.165) is 25.6 Å². The SMILES string of the molecule is c1cc(COC2CN(CC3CCCC3)Cc3ccnn3C2)ccn1. The highest BCUT2D eigenvalue weighted by atomic mass is 16.5. The van der Waals surface area contributed by atoms with Gasteiger partial charge in [-0.3, -0.25) is 14.6 Å². The molecule has 24 heavy (non-hydrogen) atoms. The van der Waals surface area contributed by atoms with Crippen molar-refractivity contribution in [2.45, 2.75) is 51.5 Å². The van der Waals surface area contributed by atoms with Crippen LogP contribution in [-0.2, 0) is 24.4 Å². The molecule has 3 heterocycles. The van der Waals surface area contributed by atoms with Crippen LogP contribution in [0.15, 0.2) is 36.8 Å². The molecule has 5 heteroatoms. The second-order valence-corrected chi connectivity index (χ2v) is 7.14. The van der Waals surface area contributed by atoms with E-state index in [1.54, 1.807) is 0 Å². The molecule has 0 spiro atoms. The summed E-state index contributed by atoms with van der Waals surface area (Å²) in [6, 6.07) is 6.19. The van der Waals surface area contributed by atoms with Gasteiger partial charge in [-0.1, -0.05) is 12.8 Å². The van der Waals surface area contributed by atoms with E-state index >= 15 is 0 Å². The molecule has 0 radical (unpaired) electrons. The molecule has 2 aromatic rings. The summed E-state index contributed by atoms with van der Waals surface area (Å²) in [6.45, 7) is 4.66. The minimum Gasteiger partial charge on any atom is -0.370 e. The largest absolute Gasteiger partial charge is 0.370 e. The predicted molar refractivity (Wildman–Crippen MR) is 92.3 cm³/mol. The van der Waals surface area contributed by atoms with Crippen LogP contribution in [0, 0.1) is 5.92 Å². The van der Waals surface area contributed by atoms with Crippen LogP contribution >= 0.6 is 0 Å². The summed E-state index contributed by atoms with van der Waals surface area (Å²) >= 11 is 0. The normalized spacial score (nSPS) is 22.4. The van der Waals surface area contributed by atoms with Crippen LogP contribution in [-0.4, -0.2) is 38.9 Å². The number of pyridine rings is 1. The fourth-order valence-electron chi connectivity index (χ4n) is 3.99. The molecule has 4 rings (SSSR count). The minimum atomic E-state index is 0.181. The van der Waals surface area contributed by atoms with Crippen LogP contribution < -0.4 is 0 Å². The fraction of sp³-hybridized carbons (Fsp3) is 0.579. The van der Waals surface area contributed by atoms with Crippen LogP contribution in [0.3, 0.4) is 0 Å². The lowest BCUT2D eigenvalue weighted by Gasteiger charge is -2.26. The molecule has 0 N–H and O–H groups in total. The van der Waals surface area contributed by atoms with Crippen molar-refractivity contribution in [2.75, 3.05) is 13.1 Å². The van der Waals surface area contributed by atoms with E-state index in [2.05, 4.69) is 25.7 Å². The Morgan fingerprint density at radius 1 is 1.04 bits per heavy atom. The third kappa shape index (κ3) is 3.84. The maximum Gasteiger partial charge on any atom is 0.0902 e. The van der Waals surface area contributed by atoms with Gasteiger partial charge in [0.15, 0.2) is 0 Å². The zero-order chi connectivity index (χ0) is 16.2. The van der Waals surface area contributed by atoms with Gasteiger partial charge in [0.25, 0.3) is 0 Å². The van der Waals surface area contributed by atoms with Crippen LogP contribution in [0.2, 0.25) is 0 Å². The second kappa shape index (κ2) is 7.45. The van der Waals surface area contributed by atoms with Crippen LogP contribution in [0.1, 0.15) is 36.9 Å². The van der Waals surface area contributed by atoms with E-state index in [4.69, 9.17) is 4.74 Å². The summed E-state index contributed by atoms with van der Waals surface area (Å²) in [5.41, 5.74) is 2.49. The number of fused-ring (bicyclic) bond motifs is 1. The molecular formula is C19H26N4O. The summed E-state index contributed by atoms with van der Waals surface area (Å²) < 4.78 is 8.36.